The number of amides is 1. The van der Waals surface area contributed by atoms with E-state index in [1.165, 1.54) is 18.4 Å². The van der Waals surface area contributed by atoms with E-state index < -0.39 is 5.97 Å². The lowest BCUT2D eigenvalue weighted by molar-refractivity contribution is 0.0602. The normalized spacial score (nSPS) is 10.9. The molecule has 6 nitrogen and oxygen atoms in total. The second kappa shape index (κ2) is 7.69. The Kier molecular flexibility index (Phi) is 5.08. The molecular weight excluding hydrogens is 412 g/mol. The van der Waals surface area contributed by atoms with Gasteiger partial charge in [0.15, 0.2) is 0 Å². The number of esters is 1. The fourth-order valence-electron chi connectivity index (χ4n) is 2.98. The number of methoxy groups -OCH3 is 2. The molecule has 0 saturated heterocycles. The molecule has 0 radical (unpaired) electrons. The number of nitrogens with zero attached hydrogens (tertiary/aromatic N) is 1. The number of fused-ring (bicyclic) bond motifs is 2. The van der Waals surface area contributed by atoms with Crippen LogP contribution < -0.4 is 10.1 Å². The Hall–Kier alpha value is -3.16. The van der Waals surface area contributed by atoms with E-state index in [1.54, 1.807) is 43.5 Å². The van der Waals surface area contributed by atoms with E-state index in [0.717, 1.165) is 10.8 Å². The van der Waals surface area contributed by atoms with Gasteiger partial charge < -0.3 is 14.8 Å². The van der Waals surface area contributed by atoms with Gasteiger partial charge in [-0.3, -0.25) is 4.79 Å². The van der Waals surface area contributed by atoms with Gasteiger partial charge in [-0.15, -0.1) is 11.3 Å². The zero-order valence-corrected chi connectivity index (χ0v) is 17.1. The molecule has 2 aromatic heterocycles. The Labute approximate surface area is 175 Å². The summed E-state index contributed by atoms with van der Waals surface area (Å²) in [6, 6.07) is 14.0. The molecule has 2 heterocycles. The van der Waals surface area contributed by atoms with Gasteiger partial charge >= 0.3 is 5.97 Å². The fraction of sp³-hybridized carbons (Fsp3) is 0.0952. The van der Waals surface area contributed by atoms with Crippen LogP contribution in [0.25, 0.3) is 21.1 Å². The minimum Gasteiger partial charge on any atom is -0.495 e. The van der Waals surface area contributed by atoms with Crippen LogP contribution in [0.2, 0.25) is 5.02 Å². The molecule has 0 saturated carbocycles. The van der Waals surface area contributed by atoms with Gasteiger partial charge in [-0.2, -0.15) is 0 Å². The molecule has 0 spiro atoms. The number of para-hydroxylation sites is 1. The summed E-state index contributed by atoms with van der Waals surface area (Å²) in [6.07, 6.45) is 0. The standard InChI is InChI=1S/C21H15ClN2O4S/c1-27-15-8-7-11-9-12-10-16(29-20(12)24-18(11)17(15)22)19(25)23-14-6-4-3-5-13(14)21(26)28-2/h3-10H,1-2H3,(H,23,25). The molecule has 0 bridgehead atoms. The Bertz CT molecular complexity index is 1270. The van der Waals surface area contributed by atoms with Crippen molar-refractivity contribution in [1.29, 1.82) is 0 Å². The number of anilines is 1. The highest BCUT2D eigenvalue weighted by molar-refractivity contribution is 7.20. The Morgan fingerprint density at radius 3 is 2.62 bits per heavy atom. The number of hydrogen-bond acceptors (Lipinski definition) is 6. The highest BCUT2D eigenvalue weighted by atomic mass is 35.5. The van der Waals surface area contributed by atoms with Crippen LogP contribution in [0.1, 0.15) is 20.0 Å². The number of halogens is 1. The number of carbonyl (C=O) groups is 2. The number of nitrogens with one attached hydrogen (secondary N) is 1. The average molecular weight is 427 g/mol. The van der Waals surface area contributed by atoms with E-state index in [0.29, 0.717) is 31.7 Å². The zero-order valence-electron chi connectivity index (χ0n) is 15.5. The molecule has 2 aromatic carbocycles. The van der Waals surface area contributed by atoms with Crippen molar-refractivity contribution in [2.24, 2.45) is 0 Å². The van der Waals surface area contributed by atoms with Crippen molar-refractivity contribution in [3.8, 4) is 5.75 Å². The lowest BCUT2D eigenvalue weighted by Gasteiger charge is -2.08. The summed E-state index contributed by atoms with van der Waals surface area (Å²) in [7, 11) is 2.84. The predicted octanol–water partition coefficient (Wildman–Crippen LogP) is 5.15. The topological polar surface area (TPSA) is 77.5 Å². The third kappa shape index (κ3) is 3.50. The van der Waals surface area contributed by atoms with E-state index in [2.05, 4.69) is 10.3 Å². The number of aromatic nitrogens is 1. The molecule has 1 amide bonds. The van der Waals surface area contributed by atoms with Crippen molar-refractivity contribution in [3.63, 3.8) is 0 Å². The molecule has 0 fully saturated rings. The molecule has 0 atom stereocenters. The van der Waals surface area contributed by atoms with E-state index in [1.807, 2.05) is 12.1 Å². The van der Waals surface area contributed by atoms with Gasteiger partial charge in [0, 0.05) is 10.8 Å². The summed E-state index contributed by atoms with van der Waals surface area (Å²) in [4.78, 5) is 30.4. The first-order chi connectivity index (χ1) is 14.0. The van der Waals surface area contributed by atoms with Crippen LogP contribution in [-0.2, 0) is 4.74 Å². The van der Waals surface area contributed by atoms with E-state index in [-0.39, 0.29) is 11.5 Å². The summed E-state index contributed by atoms with van der Waals surface area (Å²) in [5.41, 5.74) is 1.28. The molecule has 29 heavy (non-hydrogen) atoms. The molecule has 1 N–H and O–H groups in total. The van der Waals surface area contributed by atoms with Crippen LogP contribution >= 0.6 is 22.9 Å². The van der Waals surface area contributed by atoms with Crippen LogP contribution in [-0.4, -0.2) is 31.1 Å². The molecule has 4 rings (SSSR count). The third-order valence-electron chi connectivity index (χ3n) is 4.40. The van der Waals surface area contributed by atoms with E-state index >= 15 is 0 Å². The maximum absolute atomic E-state index is 12.8. The second-order valence-corrected chi connectivity index (χ2v) is 7.55. The minimum absolute atomic E-state index is 0.284. The number of hydrogen-bond donors (Lipinski definition) is 1. The highest BCUT2D eigenvalue weighted by Crippen LogP contribution is 2.35. The van der Waals surface area contributed by atoms with Gasteiger partial charge in [0.05, 0.1) is 35.9 Å². The second-order valence-electron chi connectivity index (χ2n) is 6.14. The first-order valence-electron chi connectivity index (χ1n) is 8.57. The van der Waals surface area contributed by atoms with Crippen LogP contribution in [0, 0.1) is 0 Å². The largest absolute Gasteiger partial charge is 0.495 e. The fourth-order valence-corrected chi connectivity index (χ4v) is 4.18. The SMILES string of the molecule is COC(=O)c1ccccc1NC(=O)c1cc2cc3ccc(OC)c(Cl)c3nc2s1. The van der Waals surface area contributed by atoms with Gasteiger partial charge in [0.25, 0.3) is 5.91 Å². The van der Waals surface area contributed by atoms with Crippen molar-refractivity contribution >= 4 is 61.6 Å². The van der Waals surface area contributed by atoms with E-state index in [9.17, 15) is 9.59 Å². The predicted molar refractivity (Wildman–Crippen MR) is 114 cm³/mol. The minimum atomic E-state index is -0.520. The van der Waals surface area contributed by atoms with Gasteiger partial charge in [0.2, 0.25) is 0 Å². The molecule has 4 aromatic rings. The molecule has 0 aliphatic heterocycles. The molecular formula is C21H15ClN2O4S. The maximum atomic E-state index is 12.8. The van der Waals surface area contributed by atoms with Gasteiger partial charge in [-0.25, -0.2) is 9.78 Å². The number of thiophene rings is 1. The first-order valence-corrected chi connectivity index (χ1v) is 9.76. The molecule has 0 aliphatic carbocycles. The van der Waals surface area contributed by atoms with Crippen molar-refractivity contribution in [2.45, 2.75) is 0 Å². The number of rotatable bonds is 4. The highest BCUT2D eigenvalue weighted by Gasteiger charge is 2.17. The van der Waals surface area contributed by atoms with Gasteiger partial charge in [-0.05, 0) is 36.4 Å². The molecule has 8 heteroatoms. The van der Waals surface area contributed by atoms with Crippen LogP contribution in [0.3, 0.4) is 0 Å². The van der Waals surface area contributed by atoms with Gasteiger partial charge in [-0.1, -0.05) is 23.7 Å². The Balaban J connectivity index is 1.71. The van der Waals surface area contributed by atoms with Crippen LogP contribution in [0.5, 0.6) is 5.75 Å². The number of ether oxygens (including phenoxy) is 2. The van der Waals surface area contributed by atoms with Gasteiger partial charge in [0.1, 0.15) is 15.6 Å². The third-order valence-corrected chi connectivity index (χ3v) is 5.81. The lowest BCUT2D eigenvalue weighted by atomic mass is 10.1. The van der Waals surface area contributed by atoms with E-state index in [4.69, 9.17) is 21.1 Å². The van der Waals surface area contributed by atoms with Crippen molar-refractivity contribution in [1.82, 2.24) is 4.98 Å². The first kappa shape index (κ1) is 19.2. The number of pyridine rings is 1. The monoisotopic (exact) mass is 426 g/mol. The van der Waals surface area contributed by atoms with Crippen molar-refractivity contribution in [2.75, 3.05) is 19.5 Å². The Morgan fingerprint density at radius 1 is 1.07 bits per heavy atom. The smallest absolute Gasteiger partial charge is 0.339 e. The zero-order chi connectivity index (χ0) is 20.5. The van der Waals surface area contributed by atoms with Crippen LogP contribution in [0.4, 0.5) is 5.69 Å². The summed E-state index contributed by atoms with van der Waals surface area (Å²) in [5, 5.41) is 4.88. The Morgan fingerprint density at radius 2 is 1.86 bits per heavy atom. The molecule has 0 unspecified atom stereocenters. The maximum Gasteiger partial charge on any atom is 0.339 e. The van der Waals surface area contributed by atoms with Crippen molar-refractivity contribution in [3.05, 3.63) is 64.0 Å². The lowest BCUT2D eigenvalue weighted by Crippen LogP contribution is -2.14. The number of benzene rings is 2. The molecule has 146 valence electrons. The average Bonchev–Trinajstić information content (AvgIpc) is 3.16. The van der Waals surface area contributed by atoms with Crippen molar-refractivity contribution < 1.29 is 19.1 Å². The summed E-state index contributed by atoms with van der Waals surface area (Å²) >= 11 is 7.62. The molecule has 0 aliphatic rings. The quantitative estimate of drug-likeness (QED) is 0.456. The summed E-state index contributed by atoms with van der Waals surface area (Å²) in [6.45, 7) is 0. The summed E-state index contributed by atoms with van der Waals surface area (Å²) < 4.78 is 10.0. The summed E-state index contributed by atoms with van der Waals surface area (Å²) in [5.74, 6) is -0.314. The van der Waals surface area contributed by atoms with Crippen LogP contribution in [0.15, 0.2) is 48.5 Å². The number of carbonyl (C=O) groups excluding carboxylic acids is 2.